The highest BCUT2D eigenvalue weighted by molar-refractivity contribution is 6.18. The average Bonchev–Trinajstić information content (AvgIpc) is 2.47. The Morgan fingerprint density at radius 1 is 0.947 bits per heavy atom. The van der Waals surface area contributed by atoms with Crippen molar-refractivity contribution in [2.24, 2.45) is 0 Å². The molecular formula is C15H12Cl2O2. The molecule has 0 amide bonds. The third-order valence-electron chi connectivity index (χ3n) is 2.85. The van der Waals surface area contributed by atoms with Crippen molar-refractivity contribution in [3.8, 4) is 5.75 Å². The van der Waals surface area contributed by atoms with Crippen LogP contribution >= 0.6 is 23.2 Å². The molecule has 2 rings (SSSR count). The number of alkyl halides is 2. The molecular weight excluding hydrogens is 283 g/mol. The molecule has 0 aromatic heterocycles. The number of phenolic OH excluding ortho intramolecular Hbond substituents is 1. The number of rotatable bonds is 4. The predicted octanol–water partition coefficient (Wildman–Crippen LogP) is 4.10. The molecule has 0 aliphatic rings. The predicted molar refractivity (Wildman–Crippen MR) is 77.1 cm³/mol. The highest BCUT2D eigenvalue weighted by Gasteiger charge is 2.14. The molecule has 0 aliphatic carbocycles. The molecule has 0 heterocycles. The van der Waals surface area contributed by atoms with Crippen molar-refractivity contribution in [2.75, 3.05) is 0 Å². The molecule has 0 bridgehead atoms. The molecule has 0 radical (unpaired) electrons. The van der Waals surface area contributed by atoms with Gasteiger partial charge in [0.2, 0.25) is 0 Å². The average molecular weight is 295 g/mol. The van der Waals surface area contributed by atoms with E-state index >= 15 is 0 Å². The summed E-state index contributed by atoms with van der Waals surface area (Å²) in [6, 6.07) is 12.2. The second-order valence-electron chi connectivity index (χ2n) is 4.11. The van der Waals surface area contributed by atoms with Gasteiger partial charge < -0.3 is 5.11 Å². The Labute approximate surface area is 121 Å². The van der Waals surface area contributed by atoms with Gasteiger partial charge in [0.1, 0.15) is 5.75 Å². The third-order valence-corrected chi connectivity index (χ3v) is 3.43. The molecule has 2 nitrogen and oxygen atoms in total. The lowest BCUT2D eigenvalue weighted by Crippen LogP contribution is -2.03. The van der Waals surface area contributed by atoms with Gasteiger partial charge in [0.15, 0.2) is 5.78 Å². The van der Waals surface area contributed by atoms with Gasteiger partial charge in [0, 0.05) is 22.3 Å². The second kappa shape index (κ2) is 6.09. The highest BCUT2D eigenvalue weighted by atomic mass is 35.5. The summed E-state index contributed by atoms with van der Waals surface area (Å²) in [5.41, 5.74) is 2.10. The standard InChI is InChI=1S/C15H12Cl2O2/c16-8-12-6-11(7-13(9-17)15(12)19)14(18)10-4-2-1-3-5-10/h1-7,19H,8-9H2. The number of halogens is 2. The molecule has 2 aromatic carbocycles. The van der Waals surface area contributed by atoms with Crippen molar-refractivity contribution in [3.63, 3.8) is 0 Å². The Kier molecular flexibility index (Phi) is 4.46. The van der Waals surface area contributed by atoms with Gasteiger partial charge in [-0.25, -0.2) is 0 Å². The minimum atomic E-state index is -0.113. The number of phenols is 1. The monoisotopic (exact) mass is 294 g/mol. The summed E-state index contributed by atoms with van der Waals surface area (Å²) in [7, 11) is 0. The van der Waals surface area contributed by atoms with E-state index in [-0.39, 0.29) is 23.3 Å². The van der Waals surface area contributed by atoms with Gasteiger partial charge in [-0.2, -0.15) is 0 Å². The number of ketones is 1. The van der Waals surface area contributed by atoms with Crippen LogP contribution in [0.5, 0.6) is 5.75 Å². The number of hydrogen-bond donors (Lipinski definition) is 1. The zero-order chi connectivity index (χ0) is 13.8. The fourth-order valence-corrected chi connectivity index (χ4v) is 2.26. The Bertz CT molecular complexity index is 569. The zero-order valence-corrected chi connectivity index (χ0v) is 11.6. The van der Waals surface area contributed by atoms with E-state index in [1.807, 2.05) is 6.07 Å². The van der Waals surface area contributed by atoms with Crippen molar-refractivity contribution < 1.29 is 9.90 Å². The van der Waals surface area contributed by atoms with Crippen LogP contribution in [0.4, 0.5) is 0 Å². The smallest absolute Gasteiger partial charge is 0.193 e. The summed E-state index contributed by atoms with van der Waals surface area (Å²) >= 11 is 11.5. The summed E-state index contributed by atoms with van der Waals surface area (Å²) in [5, 5.41) is 9.89. The second-order valence-corrected chi connectivity index (χ2v) is 4.64. The van der Waals surface area contributed by atoms with E-state index in [4.69, 9.17) is 23.2 Å². The maximum absolute atomic E-state index is 12.3. The van der Waals surface area contributed by atoms with E-state index in [9.17, 15) is 9.90 Å². The summed E-state index contributed by atoms with van der Waals surface area (Å²) < 4.78 is 0. The van der Waals surface area contributed by atoms with Gasteiger partial charge in [-0.15, -0.1) is 23.2 Å². The van der Waals surface area contributed by atoms with Crippen LogP contribution in [0.1, 0.15) is 27.0 Å². The Balaban J connectivity index is 2.48. The quantitative estimate of drug-likeness (QED) is 0.681. The molecule has 0 fully saturated rings. The maximum atomic E-state index is 12.3. The molecule has 98 valence electrons. The first kappa shape index (κ1) is 13.9. The molecule has 1 N–H and O–H groups in total. The minimum absolute atomic E-state index is 0.0645. The van der Waals surface area contributed by atoms with Gasteiger partial charge in [0.05, 0.1) is 11.8 Å². The number of carbonyl (C=O) groups is 1. The molecule has 0 atom stereocenters. The first-order chi connectivity index (χ1) is 9.17. The van der Waals surface area contributed by atoms with E-state index < -0.39 is 0 Å². The van der Waals surface area contributed by atoms with E-state index in [1.54, 1.807) is 36.4 Å². The molecule has 2 aromatic rings. The lowest BCUT2D eigenvalue weighted by molar-refractivity contribution is 0.103. The first-order valence-corrected chi connectivity index (χ1v) is 6.80. The van der Waals surface area contributed by atoms with Crippen LogP contribution < -0.4 is 0 Å². The molecule has 4 heteroatoms. The lowest BCUT2D eigenvalue weighted by Gasteiger charge is -2.09. The Hall–Kier alpha value is -1.51. The van der Waals surface area contributed by atoms with Crippen molar-refractivity contribution in [2.45, 2.75) is 11.8 Å². The molecule has 0 unspecified atom stereocenters. The van der Waals surface area contributed by atoms with Crippen molar-refractivity contribution in [1.82, 2.24) is 0 Å². The van der Waals surface area contributed by atoms with E-state index in [0.717, 1.165) is 0 Å². The van der Waals surface area contributed by atoms with Crippen molar-refractivity contribution in [3.05, 3.63) is 64.7 Å². The maximum Gasteiger partial charge on any atom is 0.193 e. The number of benzene rings is 2. The van der Waals surface area contributed by atoms with Crippen LogP contribution in [-0.4, -0.2) is 10.9 Å². The molecule has 0 saturated heterocycles. The summed E-state index contributed by atoms with van der Waals surface area (Å²) in [4.78, 5) is 12.3. The van der Waals surface area contributed by atoms with Crippen molar-refractivity contribution >= 4 is 29.0 Å². The normalized spacial score (nSPS) is 10.4. The van der Waals surface area contributed by atoms with Gasteiger partial charge in [-0.05, 0) is 12.1 Å². The first-order valence-electron chi connectivity index (χ1n) is 5.73. The molecule has 0 spiro atoms. The van der Waals surface area contributed by atoms with Gasteiger partial charge in [-0.1, -0.05) is 30.3 Å². The van der Waals surface area contributed by atoms with Gasteiger partial charge in [0.25, 0.3) is 0 Å². The van der Waals surface area contributed by atoms with Crippen LogP contribution in [0, 0.1) is 0 Å². The van der Waals surface area contributed by atoms with Crippen LogP contribution in [0.3, 0.4) is 0 Å². The van der Waals surface area contributed by atoms with Crippen LogP contribution in [0.25, 0.3) is 0 Å². The van der Waals surface area contributed by atoms with Crippen LogP contribution in [0.2, 0.25) is 0 Å². The van der Waals surface area contributed by atoms with Gasteiger partial charge >= 0.3 is 0 Å². The summed E-state index contributed by atoms with van der Waals surface area (Å²) in [5.74, 6) is 0.213. The molecule has 0 aliphatic heterocycles. The number of carbonyl (C=O) groups excluding carboxylic acids is 1. The topological polar surface area (TPSA) is 37.3 Å². The van der Waals surface area contributed by atoms with E-state index in [0.29, 0.717) is 22.3 Å². The molecule has 19 heavy (non-hydrogen) atoms. The van der Waals surface area contributed by atoms with Crippen LogP contribution in [-0.2, 0) is 11.8 Å². The number of hydrogen-bond acceptors (Lipinski definition) is 2. The Morgan fingerprint density at radius 3 is 1.95 bits per heavy atom. The molecule has 0 saturated carbocycles. The zero-order valence-electron chi connectivity index (χ0n) is 10.1. The van der Waals surface area contributed by atoms with Gasteiger partial charge in [-0.3, -0.25) is 4.79 Å². The summed E-state index contributed by atoms with van der Waals surface area (Å²) in [6.45, 7) is 0. The Morgan fingerprint density at radius 2 is 1.47 bits per heavy atom. The fraction of sp³-hybridized carbons (Fsp3) is 0.133. The fourth-order valence-electron chi connectivity index (χ4n) is 1.85. The number of aromatic hydroxyl groups is 1. The highest BCUT2D eigenvalue weighted by Crippen LogP contribution is 2.28. The lowest BCUT2D eigenvalue weighted by atomic mass is 9.98. The third kappa shape index (κ3) is 2.91. The summed E-state index contributed by atoms with van der Waals surface area (Å²) in [6.07, 6.45) is 0. The SMILES string of the molecule is O=C(c1ccccc1)c1cc(CCl)c(O)c(CCl)c1. The largest absolute Gasteiger partial charge is 0.507 e. The minimum Gasteiger partial charge on any atom is -0.507 e. The van der Waals surface area contributed by atoms with Crippen LogP contribution in [0.15, 0.2) is 42.5 Å². The van der Waals surface area contributed by atoms with E-state index in [2.05, 4.69) is 0 Å². The van der Waals surface area contributed by atoms with E-state index in [1.165, 1.54) is 0 Å². The van der Waals surface area contributed by atoms with Crippen molar-refractivity contribution in [1.29, 1.82) is 0 Å².